The molecule has 150 valence electrons. The van der Waals surface area contributed by atoms with Gasteiger partial charge in [0.1, 0.15) is 5.75 Å². The van der Waals surface area contributed by atoms with Gasteiger partial charge in [-0.1, -0.05) is 0 Å². The van der Waals surface area contributed by atoms with E-state index >= 15 is 0 Å². The van der Waals surface area contributed by atoms with E-state index in [-0.39, 0.29) is 11.8 Å². The normalized spacial score (nSPS) is 20.6. The number of nitrogens with zero attached hydrogens (tertiary/aromatic N) is 3. The number of rotatable bonds is 5. The second kappa shape index (κ2) is 8.56. The number of hydrogen-bond donors (Lipinski definition) is 0. The molecule has 1 amide bonds. The lowest BCUT2D eigenvalue weighted by molar-refractivity contribution is -0.138. The number of ether oxygens (including phenoxy) is 1. The summed E-state index contributed by atoms with van der Waals surface area (Å²) in [4.78, 5) is 18.8. The zero-order valence-corrected chi connectivity index (χ0v) is 17.0. The van der Waals surface area contributed by atoms with Crippen LogP contribution in [0, 0.1) is 18.8 Å². The minimum Gasteiger partial charge on any atom is -0.493 e. The van der Waals surface area contributed by atoms with Gasteiger partial charge in [0.15, 0.2) is 0 Å². The molecule has 3 heterocycles. The highest BCUT2D eigenvalue weighted by atomic mass is 32.2. The summed E-state index contributed by atoms with van der Waals surface area (Å²) < 4.78 is 30.6. The van der Waals surface area contributed by atoms with Gasteiger partial charge in [0.05, 0.1) is 12.9 Å². The molecule has 27 heavy (non-hydrogen) atoms. The zero-order chi connectivity index (χ0) is 19.4. The van der Waals surface area contributed by atoms with Crippen molar-refractivity contribution < 1.29 is 17.9 Å². The molecule has 0 aromatic carbocycles. The van der Waals surface area contributed by atoms with E-state index < -0.39 is 10.0 Å². The fourth-order valence-electron chi connectivity index (χ4n) is 3.84. The van der Waals surface area contributed by atoms with E-state index in [4.69, 9.17) is 4.74 Å². The summed E-state index contributed by atoms with van der Waals surface area (Å²) in [7, 11) is -3.15. The number of aryl methyl sites for hydroxylation is 1. The molecule has 0 saturated carbocycles. The maximum absolute atomic E-state index is 12.8. The molecule has 2 saturated heterocycles. The molecule has 7 nitrogen and oxygen atoms in total. The van der Waals surface area contributed by atoms with Crippen LogP contribution in [0.5, 0.6) is 5.75 Å². The number of likely N-dealkylation sites (tertiary alicyclic amines) is 1. The quantitative estimate of drug-likeness (QED) is 0.758. The van der Waals surface area contributed by atoms with Gasteiger partial charge in [0.25, 0.3) is 0 Å². The minimum absolute atomic E-state index is 0.0460. The van der Waals surface area contributed by atoms with Crippen molar-refractivity contribution in [2.24, 2.45) is 11.8 Å². The number of piperidine rings is 2. The van der Waals surface area contributed by atoms with Crippen molar-refractivity contribution in [1.82, 2.24) is 14.2 Å². The van der Waals surface area contributed by atoms with Gasteiger partial charge in [-0.05, 0) is 44.6 Å². The summed E-state index contributed by atoms with van der Waals surface area (Å²) in [6.07, 6.45) is 7.89. The Labute approximate surface area is 161 Å². The van der Waals surface area contributed by atoms with Gasteiger partial charge in [0, 0.05) is 50.1 Å². The number of hydrogen-bond acceptors (Lipinski definition) is 5. The molecule has 2 aliphatic rings. The van der Waals surface area contributed by atoms with E-state index in [1.54, 1.807) is 12.4 Å². The van der Waals surface area contributed by atoms with E-state index in [2.05, 4.69) is 4.98 Å². The Kier molecular flexibility index (Phi) is 6.37. The predicted molar refractivity (Wildman–Crippen MR) is 103 cm³/mol. The van der Waals surface area contributed by atoms with E-state index in [9.17, 15) is 13.2 Å². The molecule has 0 N–H and O–H groups in total. The van der Waals surface area contributed by atoms with Crippen LogP contribution in [0.25, 0.3) is 0 Å². The average Bonchev–Trinajstić information content (AvgIpc) is 2.67. The molecule has 0 atom stereocenters. The highest BCUT2D eigenvalue weighted by Gasteiger charge is 2.33. The second-order valence-corrected chi connectivity index (χ2v) is 9.64. The summed E-state index contributed by atoms with van der Waals surface area (Å²) in [6, 6.07) is 1.89. The predicted octanol–water partition coefficient (Wildman–Crippen LogP) is 1.68. The number of carbonyl (C=O) groups is 1. The molecule has 2 fully saturated rings. The van der Waals surface area contributed by atoms with E-state index in [0.29, 0.717) is 38.5 Å². The number of pyridine rings is 1. The van der Waals surface area contributed by atoms with E-state index in [1.807, 2.05) is 17.9 Å². The molecule has 0 aliphatic carbocycles. The maximum atomic E-state index is 12.8. The van der Waals surface area contributed by atoms with Crippen LogP contribution in [0.1, 0.15) is 31.2 Å². The second-order valence-electron chi connectivity index (χ2n) is 7.66. The van der Waals surface area contributed by atoms with E-state index in [0.717, 1.165) is 37.2 Å². The number of amides is 1. The molecule has 3 rings (SSSR count). The van der Waals surface area contributed by atoms with Crippen molar-refractivity contribution in [2.45, 2.75) is 32.6 Å². The molecule has 0 spiro atoms. The van der Waals surface area contributed by atoms with Gasteiger partial charge in [-0.25, -0.2) is 12.7 Å². The Bertz CT molecular complexity index is 752. The highest BCUT2D eigenvalue weighted by Crippen LogP contribution is 2.25. The van der Waals surface area contributed by atoms with Crippen LogP contribution in [-0.4, -0.2) is 67.6 Å². The van der Waals surface area contributed by atoms with Crippen LogP contribution in [0.3, 0.4) is 0 Å². The Morgan fingerprint density at radius 1 is 1.19 bits per heavy atom. The minimum atomic E-state index is -3.15. The summed E-state index contributed by atoms with van der Waals surface area (Å²) >= 11 is 0. The monoisotopic (exact) mass is 395 g/mol. The molecule has 1 aromatic rings. The Morgan fingerprint density at radius 2 is 1.85 bits per heavy atom. The number of carbonyl (C=O) groups excluding carboxylic acids is 1. The first-order valence-electron chi connectivity index (χ1n) is 9.62. The van der Waals surface area contributed by atoms with Crippen LogP contribution < -0.4 is 4.74 Å². The fourth-order valence-corrected chi connectivity index (χ4v) is 4.72. The Balaban J connectivity index is 1.42. The van der Waals surface area contributed by atoms with Gasteiger partial charge in [-0.15, -0.1) is 0 Å². The van der Waals surface area contributed by atoms with Crippen molar-refractivity contribution in [3.05, 3.63) is 24.0 Å². The molecule has 0 radical (unpaired) electrons. The van der Waals surface area contributed by atoms with Crippen LogP contribution in [0.4, 0.5) is 0 Å². The van der Waals surface area contributed by atoms with Gasteiger partial charge in [-0.2, -0.15) is 0 Å². The summed E-state index contributed by atoms with van der Waals surface area (Å²) in [6.45, 7) is 5.07. The van der Waals surface area contributed by atoms with Crippen molar-refractivity contribution >= 4 is 15.9 Å². The van der Waals surface area contributed by atoms with Crippen LogP contribution >= 0.6 is 0 Å². The first kappa shape index (κ1) is 20.1. The first-order valence-corrected chi connectivity index (χ1v) is 11.5. The molecule has 0 bridgehead atoms. The first-order chi connectivity index (χ1) is 12.8. The molecular weight excluding hydrogens is 366 g/mol. The van der Waals surface area contributed by atoms with Crippen molar-refractivity contribution in [3.8, 4) is 5.75 Å². The maximum Gasteiger partial charge on any atom is 0.225 e. The number of sulfonamides is 1. The lowest BCUT2D eigenvalue weighted by atomic mass is 9.93. The summed E-state index contributed by atoms with van der Waals surface area (Å²) in [5.74, 6) is 1.47. The molecule has 8 heteroatoms. The molecule has 2 aliphatic heterocycles. The SMILES string of the molecule is Cc1cnccc1OCC1CCN(C(=O)C2CCN(S(C)(=O)=O)CC2)CC1. The number of aromatic nitrogens is 1. The van der Waals surface area contributed by atoms with Crippen LogP contribution in [0.15, 0.2) is 18.5 Å². The van der Waals surface area contributed by atoms with Crippen LogP contribution in [0.2, 0.25) is 0 Å². The lowest BCUT2D eigenvalue weighted by Gasteiger charge is -2.36. The lowest BCUT2D eigenvalue weighted by Crippen LogP contribution is -2.46. The van der Waals surface area contributed by atoms with Crippen LogP contribution in [-0.2, 0) is 14.8 Å². The van der Waals surface area contributed by atoms with Crippen molar-refractivity contribution in [3.63, 3.8) is 0 Å². The van der Waals surface area contributed by atoms with E-state index in [1.165, 1.54) is 10.6 Å². The van der Waals surface area contributed by atoms with Gasteiger partial charge < -0.3 is 9.64 Å². The molecule has 0 unspecified atom stereocenters. The topological polar surface area (TPSA) is 79.8 Å². The standard InChI is InChI=1S/C19H29N3O4S/c1-15-13-20-8-3-18(15)26-14-16-4-9-21(10-5-16)19(23)17-6-11-22(12-7-17)27(2,24)25/h3,8,13,16-17H,4-7,9-12,14H2,1-2H3. The fraction of sp³-hybridized carbons (Fsp3) is 0.684. The summed E-state index contributed by atoms with van der Waals surface area (Å²) in [5.41, 5.74) is 1.03. The smallest absolute Gasteiger partial charge is 0.225 e. The highest BCUT2D eigenvalue weighted by molar-refractivity contribution is 7.88. The van der Waals surface area contributed by atoms with Gasteiger partial charge in [0.2, 0.25) is 15.9 Å². The summed E-state index contributed by atoms with van der Waals surface area (Å²) in [5, 5.41) is 0. The van der Waals surface area contributed by atoms with Gasteiger partial charge in [-0.3, -0.25) is 9.78 Å². The molecular formula is C19H29N3O4S. The Hall–Kier alpha value is -1.67. The van der Waals surface area contributed by atoms with Crippen molar-refractivity contribution in [2.75, 3.05) is 39.0 Å². The largest absolute Gasteiger partial charge is 0.493 e. The Morgan fingerprint density at radius 3 is 2.44 bits per heavy atom. The third-order valence-corrected chi connectivity index (χ3v) is 6.94. The third-order valence-electron chi connectivity index (χ3n) is 5.64. The third kappa shape index (κ3) is 5.19. The zero-order valence-electron chi connectivity index (χ0n) is 16.1. The van der Waals surface area contributed by atoms with Crippen molar-refractivity contribution in [1.29, 1.82) is 0 Å². The molecule has 1 aromatic heterocycles. The van der Waals surface area contributed by atoms with Gasteiger partial charge >= 0.3 is 0 Å². The average molecular weight is 396 g/mol.